The van der Waals surface area contributed by atoms with Gasteiger partial charge in [0, 0.05) is 19.1 Å². The van der Waals surface area contributed by atoms with Crippen LogP contribution in [-0.4, -0.2) is 30.8 Å². The molecule has 1 unspecified atom stereocenters. The molecule has 0 fully saturated rings. The van der Waals surface area contributed by atoms with Crippen LogP contribution in [0.4, 0.5) is 0 Å². The second kappa shape index (κ2) is 8.96. The Balaban J connectivity index is 1.83. The van der Waals surface area contributed by atoms with Crippen molar-refractivity contribution in [1.82, 2.24) is 5.32 Å². The number of carbonyl (C=O) groups is 1. The van der Waals surface area contributed by atoms with Gasteiger partial charge in [-0.25, -0.2) is 0 Å². The van der Waals surface area contributed by atoms with Gasteiger partial charge in [-0.3, -0.25) is 4.79 Å². The first-order valence-corrected chi connectivity index (χ1v) is 7.81. The van der Waals surface area contributed by atoms with Crippen LogP contribution in [0.3, 0.4) is 0 Å². The fraction of sp³-hybridized carbons (Fsp3) is 0.316. The van der Waals surface area contributed by atoms with Gasteiger partial charge in [-0.1, -0.05) is 48.5 Å². The maximum absolute atomic E-state index is 12.0. The highest BCUT2D eigenvalue weighted by Crippen LogP contribution is 2.18. The molecule has 1 atom stereocenters. The van der Waals surface area contributed by atoms with Gasteiger partial charge in [-0.15, -0.1) is 0 Å². The van der Waals surface area contributed by atoms with Crippen molar-refractivity contribution in [3.05, 3.63) is 65.7 Å². The molecule has 0 aliphatic heterocycles. The number of hydrogen-bond acceptors (Lipinski definition) is 3. The highest BCUT2D eigenvalue weighted by atomic mass is 16.5. The SMILES string of the molecule is Cc1ccccc1OCC(=O)NCC(CCO)c1ccccc1. The number of nitrogens with one attached hydrogen (secondary N) is 1. The van der Waals surface area contributed by atoms with Crippen molar-refractivity contribution < 1.29 is 14.6 Å². The monoisotopic (exact) mass is 313 g/mol. The van der Waals surface area contributed by atoms with Gasteiger partial charge in [0.1, 0.15) is 5.75 Å². The molecule has 0 bridgehead atoms. The number of amides is 1. The van der Waals surface area contributed by atoms with E-state index in [4.69, 9.17) is 4.74 Å². The maximum atomic E-state index is 12.0. The summed E-state index contributed by atoms with van der Waals surface area (Å²) in [5.74, 6) is 0.661. The zero-order chi connectivity index (χ0) is 16.5. The Labute approximate surface area is 137 Å². The molecule has 2 N–H and O–H groups in total. The summed E-state index contributed by atoms with van der Waals surface area (Å²) in [5, 5.41) is 12.1. The van der Waals surface area contributed by atoms with Crippen molar-refractivity contribution in [3.63, 3.8) is 0 Å². The Hall–Kier alpha value is -2.33. The molecule has 2 rings (SSSR count). The van der Waals surface area contributed by atoms with Gasteiger partial charge in [-0.05, 0) is 30.5 Å². The van der Waals surface area contributed by atoms with E-state index in [0.717, 1.165) is 16.9 Å². The summed E-state index contributed by atoms with van der Waals surface area (Å²) >= 11 is 0. The lowest BCUT2D eigenvalue weighted by Gasteiger charge is -2.17. The summed E-state index contributed by atoms with van der Waals surface area (Å²) < 4.78 is 5.54. The standard InChI is InChI=1S/C19H23NO3/c1-15-7-5-6-10-18(15)23-14-19(22)20-13-17(11-12-21)16-8-3-2-4-9-16/h2-10,17,21H,11-14H2,1H3,(H,20,22). The topological polar surface area (TPSA) is 58.6 Å². The van der Waals surface area contributed by atoms with Gasteiger partial charge in [-0.2, -0.15) is 0 Å². The van der Waals surface area contributed by atoms with Crippen molar-refractivity contribution in [2.75, 3.05) is 19.8 Å². The summed E-state index contributed by atoms with van der Waals surface area (Å²) in [6.07, 6.45) is 0.614. The zero-order valence-electron chi connectivity index (χ0n) is 13.4. The minimum Gasteiger partial charge on any atom is -0.484 e. The Morgan fingerprint density at radius 3 is 2.52 bits per heavy atom. The van der Waals surface area contributed by atoms with E-state index in [1.807, 2.05) is 61.5 Å². The highest BCUT2D eigenvalue weighted by Gasteiger charge is 2.12. The molecule has 0 aromatic heterocycles. The van der Waals surface area contributed by atoms with E-state index < -0.39 is 0 Å². The van der Waals surface area contributed by atoms with Crippen LogP contribution >= 0.6 is 0 Å². The number of aliphatic hydroxyl groups is 1. The first kappa shape index (κ1) is 17.0. The lowest BCUT2D eigenvalue weighted by Crippen LogP contribution is -2.32. The summed E-state index contributed by atoms with van der Waals surface area (Å²) in [4.78, 5) is 12.0. The van der Waals surface area contributed by atoms with Gasteiger partial charge < -0.3 is 15.2 Å². The molecular formula is C19H23NO3. The molecule has 1 amide bonds. The van der Waals surface area contributed by atoms with Crippen LogP contribution in [0.25, 0.3) is 0 Å². The van der Waals surface area contributed by atoms with Gasteiger partial charge in [0.2, 0.25) is 0 Å². The minimum atomic E-state index is -0.160. The number of rotatable bonds is 8. The van der Waals surface area contributed by atoms with Crippen LogP contribution in [0.2, 0.25) is 0 Å². The maximum Gasteiger partial charge on any atom is 0.257 e. The van der Waals surface area contributed by atoms with Crippen molar-refractivity contribution in [2.24, 2.45) is 0 Å². The number of hydrogen-bond donors (Lipinski definition) is 2. The summed E-state index contributed by atoms with van der Waals surface area (Å²) in [7, 11) is 0. The molecule has 4 heteroatoms. The molecule has 0 radical (unpaired) electrons. The van der Waals surface area contributed by atoms with E-state index in [9.17, 15) is 9.90 Å². The third kappa shape index (κ3) is 5.42. The fourth-order valence-electron chi connectivity index (χ4n) is 2.42. The normalized spacial score (nSPS) is 11.7. The van der Waals surface area contributed by atoms with Crippen LogP contribution in [0, 0.1) is 6.92 Å². The van der Waals surface area contributed by atoms with Crippen molar-refractivity contribution in [3.8, 4) is 5.75 Å². The number of carbonyl (C=O) groups excluding carboxylic acids is 1. The predicted molar refractivity (Wildman–Crippen MR) is 90.6 cm³/mol. The average molecular weight is 313 g/mol. The van der Waals surface area contributed by atoms with E-state index in [1.165, 1.54) is 0 Å². The van der Waals surface area contributed by atoms with Crippen LogP contribution in [0.1, 0.15) is 23.5 Å². The molecule has 0 heterocycles. The predicted octanol–water partition coefficient (Wildman–Crippen LogP) is 2.66. The van der Waals surface area contributed by atoms with E-state index in [2.05, 4.69) is 5.32 Å². The zero-order valence-corrected chi connectivity index (χ0v) is 13.4. The number of benzene rings is 2. The molecule has 0 spiro atoms. The Kier molecular flexibility index (Phi) is 6.63. The molecule has 0 saturated heterocycles. The van der Waals surface area contributed by atoms with Crippen LogP contribution in [0.15, 0.2) is 54.6 Å². The minimum absolute atomic E-state index is 0.00844. The highest BCUT2D eigenvalue weighted by molar-refractivity contribution is 5.77. The van der Waals surface area contributed by atoms with E-state index >= 15 is 0 Å². The first-order chi connectivity index (χ1) is 11.2. The van der Waals surface area contributed by atoms with E-state index in [0.29, 0.717) is 13.0 Å². The third-order valence-corrected chi connectivity index (χ3v) is 3.75. The van der Waals surface area contributed by atoms with Crippen molar-refractivity contribution >= 4 is 5.91 Å². The van der Waals surface area contributed by atoms with Crippen LogP contribution < -0.4 is 10.1 Å². The summed E-state index contributed by atoms with van der Waals surface area (Å²) in [5.41, 5.74) is 2.12. The molecule has 0 saturated carbocycles. The first-order valence-electron chi connectivity index (χ1n) is 7.81. The summed E-state index contributed by atoms with van der Waals surface area (Å²) in [6.45, 7) is 2.51. The van der Waals surface area contributed by atoms with Crippen LogP contribution in [0.5, 0.6) is 5.75 Å². The Morgan fingerprint density at radius 1 is 1.13 bits per heavy atom. The second-order valence-corrected chi connectivity index (χ2v) is 5.48. The lowest BCUT2D eigenvalue weighted by atomic mass is 9.96. The van der Waals surface area contributed by atoms with Gasteiger partial charge >= 0.3 is 0 Å². The van der Waals surface area contributed by atoms with Crippen molar-refractivity contribution in [2.45, 2.75) is 19.3 Å². The van der Waals surface area contributed by atoms with Crippen molar-refractivity contribution in [1.29, 1.82) is 0 Å². The second-order valence-electron chi connectivity index (χ2n) is 5.48. The molecule has 122 valence electrons. The quantitative estimate of drug-likeness (QED) is 0.788. The largest absolute Gasteiger partial charge is 0.484 e. The molecule has 2 aromatic carbocycles. The fourth-order valence-corrected chi connectivity index (χ4v) is 2.42. The van der Waals surface area contributed by atoms with E-state index in [1.54, 1.807) is 0 Å². The number of aliphatic hydroxyl groups excluding tert-OH is 1. The van der Waals surface area contributed by atoms with Gasteiger partial charge in [0.05, 0.1) is 0 Å². The number of aryl methyl sites for hydroxylation is 1. The smallest absolute Gasteiger partial charge is 0.257 e. The van der Waals surface area contributed by atoms with Gasteiger partial charge in [0.25, 0.3) is 5.91 Å². The lowest BCUT2D eigenvalue weighted by molar-refractivity contribution is -0.123. The van der Waals surface area contributed by atoms with Gasteiger partial charge in [0.15, 0.2) is 6.61 Å². The molecule has 4 nitrogen and oxygen atoms in total. The summed E-state index contributed by atoms with van der Waals surface area (Å²) in [6, 6.07) is 17.5. The molecule has 2 aromatic rings. The van der Waals surface area contributed by atoms with E-state index in [-0.39, 0.29) is 25.0 Å². The molecule has 23 heavy (non-hydrogen) atoms. The number of para-hydroxylation sites is 1. The molecule has 0 aliphatic carbocycles. The Bertz CT molecular complexity index is 613. The third-order valence-electron chi connectivity index (χ3n) is 3.75. The molecular weight excluding hydrogens is 290 g/mol. The Morgan fingerprint density at radius 2 is 1.83 bits per heavy atom. The molecule has 0 aliphatic rings. The van der Waals surface area contributed by atoms with Crippen LogP contribution in [-0.2, 0) is 4.79 Å². The number of ether oxygens (including phenoxy) is 1. The average Bonchev–Trinajstić information content (AvgIpc) is 2.58.